The predicted molar refractivity (Wildman–Crippen MR) is 51.6 cm³/mol. The maximum atomic E-state index is 13.0. The molecule has 2 atom stereocenters. The Morgan fingerprint density at radius 3 is 3.00 bits per heavy atom. The van der Waals surface area contributed by atoms with Crippen molar-refractivity contribution in [3.63, 3.8) is 0 Å². The lowest BCUT2D eigenvalue weighted by Gasteiger charge is -2.13. The topological polar surface area (TPSA) is 40.9 Å². The van der Waals surface area contributed by atoms with E-state index in [4.69, 9.17) is 16.9 Å². The molecule has 4 heteroatoms. The summed E-state index contributed by atoms with van der Waals surface area (Å²) in [5.41, 5.74) is 0.381. The van der Waals surface area contributed by atoms with E-state index in [2.05, 4.69) is 0 Å². The standard InChI is InChI=1S/C10H9ClFNO/c11-4-3-10(14)7-1-2-9(12)8(5-7)6-13/h1-2,5,8-9H,3-4H2. The first-order chi connectivity index (χ1) is 6.69. The molecule has 0 radical (unpaired) electrons. The molecule has 0 aromatic rings. The number of ketones is 1. The van der Waals surface area contributed by atoms with E-state index in [1.807, 2.05) is 0 Å². The zero-order valence-corrected chi connectivity index (χ0v) is 8.17. The van der Waals surface area contributed by atoms with E-state index in [0.717, 1.165) is 0 Å². The highest BCUT2D eigenvalue weighted by molar-refractivity contribution is 6.19. The van der Waals surface area contributed by atoms with Crippen LogP contribution in [0.25, 0.3) is 0 Å². The Kier molecular flexibility index (Phi) is 3.84. The Labute approximate surface area is 86.7 Å². The first kappa shape index (κ1) is 10.9. The molecule has 0 bridgehead atoms. The molecule has 0 aliphatic heterocycles. The van der Waals surface area contributed by atoms with Crippen LogP contribution in [0.2, 0.25) is 0 Å². The van der Waals surface area contributed by atoms with E-state index >= 15 is 0 Å². The van der Waals surface area contributed by atoms with Crippen LogP contribution in [0.3, 0.4) is 0 Å². The normalized spacial score (nSPS) is 25.4. The molecule has 0 aromatic carbocycles. The monoisotopic (exact) mass is 213 g/mol. The van der Waals surface area contributed by atoms with Crippen molar-refractivity contribution in [1.29, 1.82) is 5.26 Å². The number of nitriles is 1. The quantitative estimate of drug-likeness (QED) is 0.674. The summed E-state index contributed by atoms with van der Waals surface area (Å²) in [6, 6.07) is 1.79. The minimum Gasteiger partial charge on any atom is -0.294 e. The van der Waals surface area contributed by atoms with Crippen LogP contribution in [-0.4, -0.2) is 17.8 Å². The third kappa shape index (κ3) is 2.43. The van der Waals surface area contributed by atoms with Crippen molar-refractivity contribution in [2.45, 2.75) is 12.6 Å². The minimum absolute atomic E-state index is 0.150. The lowest BCUT2D eigenvalue weighted by molar-refractivity contribution is -0.114. The molecule has 1 rings (SSSR count). The second kappa shape index (κ2) is 4.92. The van der Waals surface area contributed by atoms with Crippen molar-refractivity contribution >= 4 is 17.4 Å². The Hall–Kier alpha value is -1.14. The molecule has 2 nitrogen and oxygen atoms in total. The zero-order chi connectivity index (χ0) is 10.6. The molecule has 0 fully saturated rings. The highest BCUT2D eigenvalue weighted by atomic mass is 35.5. The number of allylic oxidation sites excluding steroid dienone is 4. The van der Waals surface area contributed by atoms with Crippen molar-refractivity contribution in [1.82, 2.24) is 0 Å². The fraction of sp³-hybridized carbons (Fsp3) is 0.400. The van der Waals surface area contributed by atoms with Crippen molar-refractivity contribution in [3.8, 4) is 6.07 Å². The van der Waals surface area contributed by atoms with Crippen LogP contribution in [0, 0.1) is 17.2 Å². The molecule has 0 N–H and O–H groups in total. The van der Waals surface area contributed by atoms with Gasteiger partial charge in [-0.15, -0.1) is 11.6 Å². The van der Waals surface area contributed by atoms with E-state index < -0.39 is 12.1 Å². The summed E-state index contributed by atoms with van der Waals surface area (Å²) in [5, 5.41) is 8.59. The van der Waals surface area contributed by atoms with Crippen LogP contribution in [-0.2, 0) is 4.79 Å². The predicted octanol–water partition coefficient (Wildman–Crippen LogP) is 2.16. The van der Waals surface area contributed by atoms with Crippen molar-refractivity contribution < 1.29 is 9.18 Å². The summed E-state index contributed by atoms with van der Waals surface area (Å²) in [5.74, 6) is -0.766. The Morgan fingerprint density at radius 2 is 2.43 bits per heavy atom. The van der Waals surface area contributed by atoms with Gasteiger partial charge in [0.05, 0.1) is 6.07 Å². The smallest absolute Gasteiger partial charge is 0.163 e. The molecule has 0 heterocycles. The lowest BCUT2D eigenvalue weighted by atomic mass is 9.93. The van der Waals surface area contributed by atoms with Gasteiger partial charge in [0, 0.05) is 17.9 Å². The third-order valence-corrected chi connectivity index (χ3v) is 2.14. The molecule has 0 saturated heterocycles. The van der Waals surface area contributed by atoms with Gasteiger partial charge in [-0.3, -0.25) is 4.79 Å². The van der Waals surface area contributed by atoms with E-state index in [9.17, 15) is 9.18 Å². The van der Waals surface area contributed by atoms with Crippen LogP contribution in [0.15, 0.2) is 23.8 Å². The van der Waals surface area contributed by atoms with Crippen LogP contribution in [0.5, 0.6) is 0 Å². The highest BCUT2D eigenvalue weighted by Gasteiger charge is 2.21. The lowest BCUT2D eigenvalue weighted by Crippen LogP contribution is -2.16. The summed E-state index contributed by atoms with van der Waals surface area (Å²) in [4.78, 5) is 11.3. The Bertz CT molecular complexity index is 330. The number of carbonyl (C=O) groups is 1. The van der Waals surface area contributed by atoms with Crippen molar-refractivity contribution in [2.75, 3.05) is 5.88 Å². The fourth-order valence-electron chi connectivity index (χ4n) is 1.18. The maximum Gasteiger partial charge on any atom is 0.163 e. The number of alkyl halides is 2. The van der Waals surface area contributed by atoms with E-state index in [1.54, 1.807) is 6.07 Å². The van der Waals surface area contributed by atoms with Gasteiger partial charge in [0.25, 0.3) is 0 Å². The largest absolute Gasteiger partial charge is 0.294 e. The number of Topliss-reactive ketones (excluding diaryl/α,β-unsaturated/α-hetero) is 1. The van der Waals surface area contributed by atoms with Gasteiger partial charge >= 0.3 is 0 Å². The van der Waals surface area contributed by atoms with Crippen LogP contribution in [0.4, 0.5) is 4.39 Å². The SMILES string of the molecule is N#CC1C=C(C(=O)CCCl)C=CC1F. The average molecular weight is 214 g/mol. The van der Waals surface area contributed by atoms with Gasteiger partial charge in [-0.2, -0.15) is 5.26 Å². The molecule has 2 unspecified atom stereocenters. The zero-order valence-electron chi connectivity index (χ0n) is 7.41. The van der Waals surface area contributed by atoms with Gasteiger partial charge in [0.15, 0.2) is 5.78 Å². The fourth-order valence-corrected chi connectivity index (χ4v) is 1.35. The van der Waals surface area contributed by atoms with Gasteiger partial charge in [0.2, 0.25) is 0 Å². The van der Waals surface area contributed by atoms with E-state index in [1.165, 1.54) is 18.2 Å². The van der Waals surface area contributed by atoms with Crippen molar-refractivity contribution in [2.24, 2.45) is 5.92 Å². The number of hydrogen-bond acceptors (Lipinski definition) is 2. The molecule has 14 heavy (non-hydrogen) atoms. The molecule has 1 aliphatic carbocycles. The van der Waals surface area contributed by atoms with Gasteiger partial charge in [0.1, 0.15) is 12.1 Å². The van der Waals surface area contributed by atoms with Crippen LogP contribution < -0.4 is 0 Å². The minimum atomic E-state index is -1.31. The average Bonchev–Trinajstić information content (AvgIpc) is 2.19. The molecule has 0 saturated carbocycles. The molecule has 0 aromatic heterocycles. The second-order valence-electron chi connectivity index (χ2n) is 2.94. The number of halogens is 2. The number of nitrogens with zero attached hydrogens (tertiary/aromatic N) is 1. The van der Waals surface area contributed by atoms with Gasteiger partial charge in [-0.1, -0.05) is 12.2 Å². The summed E-state index contributed by atoms with van der Waals surface area (Å²) in [6.45, 7) is 0. The third-order valence-electron chi connectivity index (χ3n) is 1.95. The molecule has 0 amide bonds. The first-order valence-corrected chi connectivity index (χ1v) is 4.75. The van der Waals surface area contributed by atoms with E-state index in [-0.39, 0.29) is 18.1 Å². The number of carbonyl (C=O) groups excluding carboxylic acids is 1. The Morgan fingerprint density at radius 1 is 1.71 bits per heavy atom. The first-order valence-electron chi connectivity index (χ1n) is 4.22. The highest BCUT2D eigenvalue weighted by Crippen LogP contribution is 2.20. The summed E-state index contributed by atoms with van der Waals surface area (Å²) in [6.07, 6.45) is 2.90. The van der Waals surface area contributed by atoms with Gasteiger partial charge in [-0.05, 0) is 6.08 Å². The number of hydrogen-bond donors (Lipinski definition) is 0. The maximum absolute atomic E-state index is 13.0. The summed E-state index contributed by atoms with van der Waals surface area (Å²) < 4.78 is 13.0. The van der Waals surface area contributed by atoms with Gasteiger partial charge in [-0.25, -0.2) is 4.39 Å². The summed E-state index contributed by atoms with van der Waals surface area (Å²) in [7, 11) is 0. The van der Waals surface area contributed by atoms with Gasteiger partial charge < -0.3 is 0 Å². The molecule has 0 spiro atoms. The Balaban J connectivity index is 2.77. The molecule has 1 aliphatic rings. The van der Waals surface area contributed by atoms with Crippen LogP contribution >= 0.6 is 11.6 Å². The molecular formula is C10H9ClFNO. The molecular weight excluding hydrogens is 205 g/mol. The second-order valence-corrected chi connectivity index (χ2v) is 3.32. The summed E-state index contributed by atoms with van der Waals surface area (Å²) >= 11 is 5.40. The number of rotatable bonds is 3. The van der Waals surface area contributed by atoms with Crippen molar-refractivity contribution in [3.05, 3.63) is 23.8 Å². The van der Waals surface area contributed by atoms with E-state index in [0.29, 0.717) is 5.57 Å². The molecule has 74 valence electrons. The van der Waals surface area contributed by atoms with Crippen LogP contribution in [0.1, 0.15) is 6.42 Å².